The second-order valence-electron chi connectivity index (χ2n) is 7.05. The molecule has 3 N–H and O–H groups in total. The van der Waals surface area contributed by atoms with Crippen molar-refractivity contribution in [2.45, 2.75) is 38.4 Å². The summed E-state index contributed by atoms with van der Waals surface area (Å²) in [4.78, 5) is 50.4. The number of ether oxygens (including phenoxy) is 4. The van der Waals surface area contributed by atoms with Crippen LogP contribution in [0.1, 0.15) is 29.1 Å². The summed E-state index contributed by atoms with van der Waals surface area (Å²) in [7, 11) is 1.31. The summed E-state index contributed by atoms with van der Waals surface area (Å²) in [6.45, 7) is 2.04. The van der Waals surface area contributed by atoms with E-state index in [0.717, 1.165) is 23.8 Å². The fraction of sp³-hybridized carbons (Fsp3) is 0.400. The van der Waals surface area contributed by atoms with Gasteiger partial charge in [-0.05, 0) is 18.6 Å². The summed E-state index contributed by atoms with van der Waals surface area (Å²) in [6, 6.07) is 3.62. The van der Waals surface area contributed by atoms with E-state index in [9.17, 15) is 29.4 Å². The molecule has 0 saturated carbocycles. The first-order valence-electron chi connectivity index (χ1n) is 9.49. The fourth-order valence-electron chi connectivity index (χ4n) is 3.51. The quantitative estimate of drug-likeness (QED) is 0.493. The van der Waals surface area contributed by atoms with Gasteiger partial charge in [0.1, 0.15) is 23.2 Å². The summed E-state index contributed by atoms with van der Waals surface area (Å²) in [5.74, 6) is -1.72. The molecule has 12 heteroatoms. The topological polar surface area (TPSA) is 166 Å². The Bertz CT molecular complexity index is 1140. The van der Waals surface area contributed by atoms with Crippen LogP contribution in [0.3, 0.4) is 0 Å². The van der Waals surface area contributed by atoms with Crippen LogP contribution in [0.5, 0.6) is 11.5 Å². The molecule has 1 aliphatic heterocycles. The molecule has 1 aromatic heterocycles. The third-order valence-corrected chi connectivity index (χ3v) is 4.84. The van der Waals surface area contributed by atoms with Crippen LogP contribution in [0.25, 0.3) is 0 Å². The average Bonchev–Trinajstić information content (AvgIpc) is 3.03. The Morgan fingerprint density at radius 1 is 1.22 bits per heavy atom. The van der Waals surface area contributed by atoms with Gasteiger partial charge in [0.2, 0.25) is 0 Å². The highest BCUT2D eigenvalue weighted by Gasteiger charge is 2.50. The first-order valence-corrected chi connectivity index (χ1v) is 9.49. The van der Waals surface area contributed by atoms with E-state index in [-0.39, 0.29) is 17.1 Å². The minimum absolute atomic E-state index is 0.00761. The lowest BCUT2D eigenvalue weighted by molar-refractivity contribution is -0.156. The van der Waals surface area contributed by atoms with Crippen molar-refractivity contribution in [3.63, 3.8) is 0 Å². The number of phenols is 1. The number of aliphatic hydroxyl groups excluding tert-OH is 1. The molecule has 0 aliphatic carbocycles. The monoisotopic (exact) mass is 450 g/mol. The maximum Gasteiger partial charge on any atom is 0.342 e. The van der Waals surface area contributed by atoms with Crippen molar-refractivity contribution in [3.05, 3.63) is 56.4 Å². The van der Waals surface area contributed by atoms with E-state index in [1.807, 2.05) is 0 Å². The van der Waals surface area contributed by atoms with Crippen molar-refractivity contribution in [3.8, 4) is 11.5 Å². The van der Waals surface area contributed by atoms with Crippen LogP contribution in [0, 0.1) is 6.92 Å². The van der Waals surface area contributed by atoms with Crippen LogP contribution in [-0.2, 0) is 19.0 Å². The Morgan fingerprint density at radius 3 is 2.53 bits per heavy atom. The highest BCUT2D eigenvalue weighted by molar-refractivity contribution is 5.94. The number of carbonyl (C=O) groups is 2. The summed E-state index contributed by atoms with van der Waals surface area (Å²) in [5.41, 5.74) is -1.14. The molecule has 172 valence electrons. The van der Waals surface area contributed by atoms with E-state index < -0.39 is 54.3 Å². The Kier molecular flexibility index (Phi) is 6.65. The normalized spacial score (nSPS) is 22.4. The Hall–Kier alpha value is -3.64. The molecular formula is C20H22N2O10. The number of nitrogens with one attached hydrogen (secondary N) is 1. The molecular weight excluding hydrogens is 428 g/mol. The Balaban J connectivity index is 2.00. The number of carbonyl (C=O) groups excluding carboxylic acids is 2. The molecule has 0 spiro atoms. The van der Waals surface area contributed by atoms with Gasteiger partial charge in [-0.3, -0.25) is 19.1 Å². The van der Waals surface area contributed by atoms with Crippen molar-refractivity contribution in [2.75, 3.05) is 13.7 Å². The lowest BCUT2D eigenvalue weighted by Crippen LogP contribution is -2.42. The Morgan fingerprint density at radius 2 is 1.94 bits per heavy atom. The lowest BCUT2D eigenvalue weighted by Gasteiger charge is -2.24. The second kappa shape index (κ2) is 9.24. The molecule has 2 aromatic rings. The van der Waals surface area contributed by atoms with Gasteiger partial charge in [-0.15, -0.1) is 0 Å². The molecule has 2 heterocycles. The molecule has 0 unspecified atom stereocenters. The van der Waals surface area contributed by atoms with Gasteiger partial charge < -0.3 is 29.2 Å². The molecule has 0 bridgehead atoms. The van der Waals surface area contributed by atoms with E-state index in [4.69, 9.17) is 18.9 Å². The van der Waals surface area contributed by atoms with E-state index in [0.29, 0.717) is 5.56 Å². The number of phenolic OH excluding ortho intramolecular Hbond substituents is 1. The lowest BCUT2D eigenvalue weighted by atomic mass is 10.1. The van der Waals surface area contributed by atoms with Gasteiger partial charge in [0, 0.05) is 25.3 Å². The average molecular weight is 450 g/mol. The molecule has 4 atom stereocenters. The summed E-state index contributed by atoms with van der Waals surface area (Å²) >= 11 is 0. The van der Waals surface area contributed by atoms with E-state index in [1.165, 1.54) is 19.2 Å². The number of aryl methyl sites for hydroxylation is 1. The van der Waals surface area contributed by atoms with Gasteiger partial charge in [0.15, 0.2) is 18.4 Å². The number of aromatic amines is 1. The van der Waals surface area contributed by atoms with E-state index in [1.54, 1.807) is 6.92 Å². The first kappa shape index (κ1) is 23.0. The second-order valence-corrected chi connectivity index (χ2v) is 7.05. The zero-order valence-electron chi connectivity index (χ0n) is 17.4. The van der Waals surface area contributed by atoms with Gasteiger partial charge in [0.05, 0.1) is 13.7 Å². The summed E-state index contributed by atoms with van der Waals surface area (Å²) in [5, 5.41) is 19.5. The predicted molar refractivity (Wildman–Crippen MR) is 106 cm³/mol. The number of benzene rings is 1. The van der Waals surface area contributed by atoms with E-state index >= 15 is 0 Å². The number of rotatable bonds is 6. The maximum absolute atomic E-state index is 13.0. The number of aliphatic hydroxyl groups is 1. The van der Waals surface area contributed by atoms with Crippen LogP contribution in [0.4, 0.5) is 0 Å². The van der Waals surface area contributed by atoms with Crippen molar-refractivity contribution >= 4 is 11.9 Å². The zero-order valence-corrected chi connectivity index (χ0v) is 17.4. The van der Waals surface area contributed by atoms with Gasteiger partial charge >= 0.3 is 17.6 Å². The first-order chi connectivity index (χ1) is 15.2. The number of hydrogen-bond donors (Lipinski definition) is 3. The number of H-pyrrole nitrogens is 1. The number of hydrogen-bond acceptors (Lipinski definition) is 10. The van der Waals surface area contributed by atoms with Crippen LogP contribution in [0.2, 0.25) is 0 Å². The zero-order chi connectivity index (χ0) is 23.6. The van der Waals surface area contributed by atoms with Gasteiger partial charge in [-0.1, -0.05) is 0 Å². The van der Waals surface area contributed by atoms with Crippen LogP contribution in [0.15, 0.2) is 34.0 Å². The highest BCUT2D eigenvalue weighted by atomic mass is 16.6. The van der Waals surface area contributed by atoms with Crippen LogP contribution < -0.4 is 16.0 Å². The van der Waals surface area contributed by atoms with Gasteiger partial charge in [-0.2, -0.15) is 0 Å². The molecule has 0 radical (unpaired) electrons. The highest BCUT2D eigenvalue weighted by Crippen LogP contribution is 2.35. The Labute approximate surface area is 180 Å². The SMILES string of the molecule is COc1cc(O)cc(C)c1C(=O)O[C@@H]1[C@@H](OC(C)=O)[C@@H](n2ccc(=O)[nH]c2=O)O[C@H]1CO. The molecule has 32 heavy (non-hydrogen) atoms. The molecule has 1 saturated heterocycles. The number of nitrogens with zero attached hydrogens (tertiary/aromatic N) is 1. The molecule has 1 aromatic carbocycles. The van der Waals surface area contributed by atoms with Crippen LogP contribution in [-0.4, -0.2) is 63.7 Å². The standard InChI is InChI=1S/C20H22N2O10/c1-9-6-11(25)7-12(29-3)15(9)19(27)32-16-13(8-23)31-18(17(16)30-10(2)24)22-5-4-14(26)21-20(22)28/h4-7,13,16-18,23,25H,8H2,1-3H3,(H,21,26,28)/t13-,16-,17+,18-/m0/s1. The van der Waals surface area contributed by atoms with Crippen molar-refractivity contribution in [2.24, 2.45) is 0 Å². The fourth-order valence-corrected chi connectivity index (χ4v) is 3.51. The molecule has 1 aliphatic rings. The van der Waals surface area contributed by atoms with Crippen molar-refractivity contribution < 1.29 is 38.7 Å². The van der Waals surface area contributed by atoms with Crippen molar-refractivity contribution in [1.82, 2.24) is 9.55 Å². The molecule has 0 amide bonds. The van der Waals surface area contributed by atoms with Gasteiger partial charge in [-0.25, -0.2) is 9.59 Å². The number of aromatic hydroxyl groups is 1. The maximum atomic E-state index is 13.0. The number of esters is 2. The smallest absolute Gasteiger partial charge is 0.342 e. The molecule has 1 fully saturated rings. The number of methoxy groups -OCH3 is 1. The minimum atomic E-state index is -1.32. The molecule has 3 rings (SSSR count). The van der Waals surface area contributed by atoms with Crippen LogP contribution >= 0.6 is 0 Å². The van der Waals surface area contributed by atoms with Gasteiger partial charge in [0.25, 0.3) is 5.56 Å². The predicted octanol–water partition coefficient (Wildman–Crippen LogP) is -0.394. The third kappa shape index (κ3) is 4.50. The minimum Gasteiger partial charge on any atom is -0.508 e. The largest absolute Gasteiger partial charge is 0.508 e. The summed E-state index contributed by atoms with van der Waals surface area (Å²) in [6.07, 6.45) is -3.94. The molecule has 12 nitrogen and oxygen atoms in total. The van der Waals surface area contributed by atoms with Crippen molar-refractivity contribution in [1.29, 1.82) is 0 Å². The summed E-state index contributed by atoms with van der Waals surface area (Å²) < 4.78 is 22.6. The van der Waals surface area contributed by atoms with E-state index in [2.05, 4.69) is 4.98 Å². The third-order valence-electron chi connectivity index (χ3n) is 4.84. The number of aromatic nitrogens is 2.